The molecule has 0 saturated carbocycles. The van der Waals surface area contributed by atoms with Crippen LogP contribution in [-0.2, 0) is 0 Å². The predicted octanol–water partition coefficient (Wildman–Crippen LogP) is 0.537. The van der Waals surface area contributed by atoms with Gasteiger partial charge >= 0.3 is 0 Å². The summed E-state index contributed by atoms with van der Waals surface area (Å²) >= 11 is 1.31. The third-order valence-corrected chi connectivity index (χ3v) is 2.95. The minimum absolute atomic E-state index is 0.274. The summed E-state index contributed by atoms with van der Waals surface area (Å²) in [7, 11) is 0. The van der Waals surface area contributed by atoms with E-state index in [2.05, 4.69) is 31.0 Å². The van der Waals surface area contributed by atoms with Crippen molar-refractivity contribution in [2.75, 3.05) is 5.32 Å². The molecule has 0 fully saturated rings. The summed E-state index contributed by atoms with van der Waals surface area (Å²) < 4.78 is 1.43. The molecule has 0 aliphatic heterocycles. The maximum absolute atomic E-state index is 11.9. The van der Waals surface area contributed by atoms with Crippen molar-refractivity contribution >= 4 is 28.0 Å². The van der Waals surface area contributed by atoms with Gasteiger partial charge in [0.15, 0.2) is 5.65 Å². The Morgan fingerprint density at radius 3 is 3.00 bits per heavy atom. The van der Waals surface area contributed by atoms with E-state index in [0.717, 1.165) is 5.01 Å². The van der Waals surface area contributed by atoms with Crippen LogP contribution in [0.1, 0.15) is 15.4 Å². The number of fused-ring (bicyclic) bond motifs is 1. The number of aromatic nitrogens is 6. The van der Waals surface area contributed by atoms with Crippen molar-refractivity contribution in [1.82, 2.24) is 30.2 Å². The van der Waals surface area contributed by atoms with E-state index in [-0.39, 0.29) is 5.91 Å². The Balaban J connectivity index is 1.87. The van der Waals surface area contributed by atoms with Gasteiger partial charge in [0, 0.05) is 6.20 Å². The van der Waals surface area contributed by atoms with Crippen LogP contribution in [0.2, 0.25) is 0 Å². The fraction of sp³-hybridized carbons (Fsp3) is 0.111. The minimum Gasteiger partial charge on any atom is -0.296 e. The van der Waals surface area contributed by atoms with Crippen LogP contribution in [0.4, 0.5) is 5.13 Å². The third kappa shape index (κ3) is 1.91. The molecule has 0 aliphatic rings. The van der Waals surface area contributed by atoms with Crippen molar-refractivity contribution in [3.05, 3.63) is 28.9 Å². The van der Waals surface area contributed by atoms with Crippen molar-refractivity contribution in [3.8, 4) is 0 Å². The first-order valence-corrected chi connectivity index (χ1v) is 5.83. The third-order valence-electron chi connectivity index (χ3n) is 2.20. The lowest BCUT2D eigenvalue weighted by Crippen LogP contribution is -2.12. The number of pyridine rings is 1. The summed E-state index contributed by atoms with van der Waals surface area (Å²) in [6.45, 7) is 1.82. The first-order valence-electron chi connectivity index (χ1n) is 5.01. The first-order chi connectivity index (χ1) is 8.72. The van der Waals surface area contributed by atoms with Crippen molar-refractivity contribution in [1.29, 1.82) is 0 Å². The molecule has 3 aromatic rings. The average molecular weight is 261 g/mol. The Labute approximate surface area is 105 Å². The number of amides is 1. The average Bonchev–Trinajstić information content (AvgIpc) is 2.96. The van der Waals surface area contributed by atoms with E-state index in [1.165, 1.54) is 15.9 Å². The van der Waals surface area contributed by atoms with Gasteiger partial charge in [-0.1, -0.05) is 11.3 Å². The molecular formula is C9H7N7OS. The molecule has 18 heavy (non-hydrogen) atoms. The van der Waals surface area contributed by atoms with E-state index in [9.17, 15) is 4.79 Å². The summed E-state index contributed by atoms with van der Waals surface area (Å²) in [4.78, 5) is 11.9. The lowest BCUT2D eigenvalue weighted by Gasteiger charge is -2.00. The van der Waals surface area contributed by atoms with Crippen LogP contribution in [0.25, 0.3) is 5.65 Å². The van der Waals surface area contributed by atoms with Crippen LogP contribution in [0.3, 0.4) is 0 Å². The molecule has 1 amide bonds. The van der Waals surface area contributed by atoms with E-state index < -0.39 is 0 Å². The molecular weight excluding hydrogens is 254 g/mol. The molecule has 0 aliphatic carbocycles. The number of aryl methyl sites for hydroxylation is 1. The Morgan fingerprint density at radius 1 is 1.33 bits per heavy atom. The van der Waals surface area contributed by atoms with E-state index >= 15 is 0 Å². The number of tetrazole rings is 1. The number of anilines is 1. The van der Waals surface area contributed by atoms with Crippen LogP contribution in [0.15, 0.2) is 18.3 Å². The summed E-state index contributed by atoms with van der Waals surface area (Å²) in [5.41, 5.74) is 1.03. The highest BCUT2D eigenvalue weighted by atomic mass is 32.1. The predicted molar refractivity (Wildman–Crippen MR) is 63.4 cm³/mol. The number of hydrogen-bond donors (Lipinski definition) is 1. The SMILES string of the molecule is Cc1nnc(NC(=O)c2ccc3nnnn3c2)s1. The first kappa shape index (κ1) is 10.7. The zero-order valence-corrected chi connectivity index (χ0v) is 10.0. The zero-order valence-electron chi connectivity index (χ0n) is 9.23. The number of hydrogen-bond acceptors (Lipinski definition) is 7. The molecule has 0 spiro atoms. The van der Waals surface area contributed by atoms with E-state index in [1.54, 1.807) is 18.3 Å². The Morgan fingerprint density at radius 2 is 2.22 bits per heavy atom. The van der Waals surface area contributed by atoms with Crippen LogP contribution in [0, 0.1) is 6.92 Å². The molecule has 0 radical (unpaired) electrons. The minimum atomic E-state index is -0.274. The molecule has 90 valence electrons. The van der Waals surface area contributed by atoms with Crippen molar-refractivity contribution < 1.29 is 4.79 Å². The van der Waals surface area contributed by atoms with Gasteiger partial charge in [-0.3, -0.25) is 10.1 Å². The second kappa shape index (κ2) is 4.11. The van der Waals surface area contributed by atoms with E-state index in [4.69, 9.17) is 0 Å². The molecule has 3 heterocycles. The smallest absolute Gasteiger partial charge is 0.259 e. The topological polar surface area (TPSA) is 98.0 Å². The molecule has 0 bridgehead atoms. The summed E-state index contributed by atoms with van der Waals surface area (Å²) in [5, 5.41) is 22.5. The highest BCUT2D eigenvalue weighted by molar-refractivity contribution is 7.15. The number of carbonyl (C=O) groups is 1. The molecule has 9 heteroatoms. The highest BCUT2D eigenvalue weighted by Crippen LogP contribution is 2.14. The molecule has 8 nitrogen and oxygen atoms in total. The van der Waals surface area contributed by atoms with E-state index in [1.807, 2.05) is 6.92 Å². The van der Waals surface area contributed by atoms with Gasteiger partial charge in [0.05, 0.1) is 5.56 Å². The second-order valence-electron chi connectivity index (χ2n) is 3.48. The Bertz CT molecular complexity index is 718. The molecule has 3 aromatic heterocycles. The number of rotatable bonds is 2. The Hall–Kier alpha value is -2.42. The molecule has 0 unspecified atom stereocenters. The van der Waals surface area contributed by atoms with Crippen LogP contribution >= 0.6 is 11.3 Å². The molecule has 0 saturated heterocycles. The van der Waals surface area contributed by atoms with Gasteiger partial charge in [-0.15, -0.1) is 15.3 Å². The van der Waals surface area contributed by atoms with Crippen LogP contribution in [0.5, 0.6) is 0 Å². The van der Waals surface area contributed by atoms with Crippen molar-refractivity contribution in [2.45, 2.75) is 6.92 Å². The Kier molecular flexibility index (Phi) is 2.45. The van der Waals surface area contributed by atoms with Crippen molar-refractivity contribution in [3.63, 3.8) is 0 Å². The summed E-state index contributed by atoms with van der Waals surface area (Å²) in [6.07, 6.45) is 1.55. The maximum Gasteiger partial charge on any atom is 0.259 e. The van der Waals surface area contributed by atoms with Gasteiger partial charge in [0.2, 0.25) is 5.13 Å². The van der Waals surface area contributed by atoms with Gasteiger partial charge in [-0.05, 0) is 29.5 Å². The lowest BCUT2D eigenvalue weighted by atomic mass is 10.3. The summed E-state index contributed by atoms with van der Waals surface area (Å²) in [5.74, 6) is -0.274. The fourth-order valence-electron chi connectivity index (χ4n) is 1.39. The standard InChI is InChI=1S/C9H7N7OS/c1-5-11-13-9(18-5)10-8(17)6-2-3-7-12-14-15-16(7)4-6/h2-4H,1H3,(H,10,13,17). The molecule has 0 aromatic carbocycles. The lowest BCUT2D eigenvalue weighted by molar-refractivity contribution is 0.102. The fourth-order valence-corrected chi connectivity index (χ4v) is 1.98. The summed E-state index contributed by atoms with van der Waals surface area (Å²) in [6, 6.07) is 3.31. The molecule has 0 atom stereocenters. The van der Waals surface area contributed by atoms with Gasteiger partial charge in [0.1, 0.15) is 5.01 Å². The quantitative estimate of drug-likeness (QED) is 0.722. The number of carbonyl (C=O) groups excluding carboxylic acids is 1. The normalized spacial score (nSPS) is 10.7. The number of nitrogens with zero attached hydrogens (tertiary/aromatic N) is 6. The zero-order chi connectivity index (χ0) is 12.5. The van der Waals surface area contributed by atoms with Crippen LogP contribution < -0.4 is 5.32 Å². The van der Waals surface area contributed by atoms with Crippen LogP contribution in [-0.4, -0.2) is 36.1 Å². The largest absolute Gasteiger partial charge is 0.296 e. The molecule has 3 rings (SSSR count). The van der Waals surface area contributed by atoms with Gasteiger partial charge in [0.25, 0.3) is 5.91 Å². The van der Waals surface area contributed by atoms with Gasteiger partial charge in [-0.25, -0.2) is 0 Å². The monoisotopic (exact) mass is 261 g/mol. The highest BCUT2D eigenvalue weighted by Gasteiger charge is 2.10. The molecule has 1 N–H and O–H groups in total. The second-order valence-corrected chi connectivity index (χ2v) is 4.66. The van der Waals surface area contributed by atoms with Crippen molar-refractivity contribution in [2.24, 2.45) is 0 Å². The number of nitrogens with one attached hydrogen (secondary N) is 1. The van der Waals surface area contributed by atoms with Gasteiger partial charge in [-0.2, -0.15) is 4.52 Å². The maximum atomic E-state index is 11.9. The van der Waals surface area contributed by atoms with E-state index in [0.29, 0.717) is 16.3 Å². The van der Waals surface area contributed by atoms with Gasteiger partial charge < -0.3 is 0 Å².